The number of ether oxygens (including phenoxy) is 1. The number of aryl methyl sites for hydroxylation is 1. The molecule has 1 N–H and O–H groups in total. The second-order valence-corrected chi connectivity index (χ2v) is 4.73. The quantitative estimate of drug-likeness (QED) is 0.803. The lowest BCUT2D eigenvalue weighted by Crippen LogP contribution is -2.48. The van der Waals surface area contributed by atoms with Crippen LogP contribution in [-0.4, -0.2) is 56.8 Å². The van der Waals surface area contributed by atoms with Crippen molar-refractivity contribution in [1.82, 2.24) is 19.9 Å². The average Bonchev–Trinajstić information content (AvgIpc) is 2.74. The first kappa shape index (κ1) is 12.5. The first-order chi connectivity index (χ1) is 8.09. The molecule has 1 aliphatic heterocycles. The third-order valence-electron chi connectivity index (χ3n) is 3.26. The van der Waals surface area contributed by atoms with E-state index in [-0.39, 0.29) is 6.10 Å². The molecule has 0 aliphatic carbocycles. The van der Waals surface area contributed by atoms with Gasteiger partial charge in [0.1, 0.15) is 12.2 Å². The van der Waals surface area contributed by atoms with Gasteiger partial charge in [-0.15, -0.1) is 5.10 Å². The lowest BCUT2D eigenvalue weighted by atomic mass is 10.1. The fourth-order valence-corrected chi connectivity index (χ4v) is 2.11. The first-order valence-electron chi connectivity index (χ1n) is 5.98. The number of aliphatic hydroxyl groups is 1. The van der Waals surface area contributed by atoms with Crippen molar-refractivity contribution in [2.75, 3.05) is 19.7 Å². The van der Waals surface area contributed by atoms with E-state index >= 15 is 0 Å². The highest BCUT2D eigenvalue weighted by Crippen LogP contribution is 2.21. The Morgan fingerprint density at radius 2 is 2.29 bits per heavy atom. The van der Waals surface area contributed by atoms with E-state index in [4.69, 9.17) is 4.74 Å². The summed E-state index contributed by atoms with van der Waals surface area (Å²) in [5, 5.41) is 17.9. The summed E-state index contributed by atoms with van der Waals surface area (Å²) in [4.78, 5) is 2.31. The molecule has 0 radical (unpaired) electrons. The van der Waals surface area contributed by atoms with Crippen LogP contribution in [0.5, 0.6) is 0 Å². The topological polar surface area (TPSA) is 63.4 Å². The van der Waals surface area contributed by atoms with Gasteiger partial charge in [0.15, 0.2) is 0 Å². The zero-order chi connectivity index (χ0) is 12.4. The lowest BCUT2D eigenvalue weighted by Gasteiger charge is -2.37. The molecule has 2 rings (SSSR count). The van der Waals surface area contributed by atoms with Gasteiger partial charge in [-0.3, -0.25) is 4.90 Å². The zero-order valence-electron chi connectivity index (χ0n) is 10.6. The summed E-state index contributed by atoms with van der Waals surface area (Å²) >= 11 is 0. The second kappa shape index (κ2) is 5.12. The van der Waals surface area contributed by atoms with Crippen LogP contribution in [0.15, 0.2) is 6.20 Å². The molecule has 1 aromatic rings. The molecule has 2 atom stereocenters. The van der Waals surface area contributed by atoms with E-state index < -0.39 is 6.10 Å². The number of aliphatic hydroxyl groups excluding tert-OH is 1. The molecule has 1 aromatic heterocycles. The molecule has 2 unspecified atom stereocenters. The number of hydrogen-bond donors (Lipinski definition) is 1. The molecule has 1 saturated heterocycles. The minimum Gasteiger partial charge on any atom is -0.384 e. The number of rotatable bonds is 3. The zero-order valence-corrected chi connectivity index (χ0v) is 10.6. The van der Waals surface area contributed by atoms with Crippen molar-refractivity contribution in [3.63, 3.8) is 0 Å². The smallest absolute Gasteiger partial charge is 0.125 e. The fraction of sp³-hybridized carbons (Fsp3) is 0.818. The predicted molar refractivity (Wildman–Crippen MR) is 62.4 cm³/mol. The van der Waals surface area contributed by atoms with Gasteiger partial charge in [-0.05, 0) is 13.8 Å². The number of nitrogens with zero attached hydrogens (tertiary/aromatic N) is 4. The standard InChI is InChI=1S/C11H20N4O2/c1-8(2)15-4-5-17-10(7-15)11(16)9-6-12-13-14(9)3/h6,8,10-11,16H,4-5,7H2,1-3H3. The van der Waals surface area contributed by atoms with Gasteiger partial charge in [0.25, 0.3) is 0 Å². The van der Waals surface area contributed by atoms with Crippen molar-refractivity contribution in [1.29, 1.82) is 0 Å². The summed E-state index contributed by atoms with van der Waals surface area (Å²) in [6, 6.07) is 0.471. The normalized spacial score (nSPS) is 24.2. The molecule has 0 amide bonds. The molecule has 2 heterocycles. The third-order valence-corrected chi connectivity index (χ3v) is 3.26. The van der Waals surface area contributed by atoms with Crippen molar-refractivity contribution >= 4 is 0 Å². The SMILES string of the molecule is CC(C)N1CCOC(C(O)c2cnnn2C)C1. The van der Waals surface area contributed by atoms with Gasteiger partial charge in [0.2, 0.25) is 0 Å². The van der Waals surface area contributed by atoms with Crippen molar-refractivity contribution in [3.05, 3.63) is 11.9 Å². The molecule has 6 heteroatoms. The fourth-order valence-electron chi connectivity index (χ4n) is 2.11. The van der Waals surface area contributed by atoms with E-state index in [2.05, 4.69) is 29.1 Å². The lowest BCUT2D eigenvalue weighted by molar-refractivity contribution is -0.0981. The van der Waals surface area contributed by atoms with Crippen molar-refractivity contribution in [2.24, 2.45) is 7.05 Å². The number of morpholine rings is 1. The average molecular weight is 240 g/mol. The van der Waals surface area contributed by atoms with Crippen LogP contribution in [0, 0.1) is 0 Å². The molecular weight excluding hydrogens is 220 g/mol. The third kappa shape index (κ3) is 2.65. The van der Waals surface area contributed by atoms with E-state index in [0.29, 0.717) is 18.3 Å². The maximum absolute atomic E-state index is 10.3. The summed E-state index contributed by atoms with van der Waals surface area (Å²) in [6.07, 6.45) is 0.711. The Kier molecular flexibility index (Phi) is 3.76. The van der Waals surface area contributed by atoms with Gasteiger partial charge in [0.05, 0.1) is 18.5 Å². The minimum absolute atomic E-state index is 0.205. The molecular formula is C11H20N4O2. The van der Waals surface area contributed by atoms with Gasteiger partial charge in [-0.1, -0.05) is 5.21 Å². The molecule has 17 heavy (non-hydrogen) atoms. The van der Waals surface area contributed by atoms with E-state index in [1.807, 2.05) is 0 Å². The number of aromatic nitrogens is 3. The van der Waals surface area contributed by atoms with Crippen LogP contribution >= 0.6 is 0 Å². The van der Waals surface area contributed by atoms with E-state index in [1.165, 1.54) is 0 Å². The van der Waals surface area contributed by atoms with E-state index in [9.17, 15) is 5.11 Å². The van der Waals surface area contributed by atoms with Crippen LogP contribution < -0.4 is 0 Å². The highest BCUT2D eigenvalue weighted by Gasteiger charge is 2.30. The van der Waals surface area contributed by atoms with Gasteiger partial charge < -0.3 is 9.84 Å². The summed E-state index contributed by atoms with van der Waals surface area (Å²) < 4.78 is 7.22. The van der Waals surface area contributed by atoms with Gasteiger partial charge in [-0.2, -0.15) is 0 Å². The molecule has 0 saturated carbocycles. The van der Waals surface area contributed by atoms with Crippen LogP contribution in [-0.2, 0) is 11.8 Å². The molecule has 6 nitrogen and oxygen atoms in total. The molecule has 0 aromatic carbocycles. The molecule has 1 fully saturated rings. The summed E-state index contributed by atoms with van der Waals surface area (Å²) in [5.74, 6) is 0. The van der Waals surface area contributed by atoms with Crippen LogP contribution in [0.3, 0.4) is 0 Å². The van der Waals surface area contributed by atoms with Gasteiger partial charge in [0, 0.05) is 26.2 Å². The van der Waals surface area contributed by atoms with Crippen molar-refractivity contribution < 1.29 is 9.84 Å². The Morgan fingerprint density at radius 1 is 1.53 bits per heavy atom. The summed E-state index contributed by atoms with van der Waals surface area (Å²) in [7, 11) is 1.77. The highest BCUT2D eigenvalue weighted by molar-refractivity contribution is 5.02. The van der Waals surface area contributed by atoms with E-state index in [1.54, 1.807) is 17.9 Å². The van der Waals surface area contributed by atoms with Crippen LogP contribution in [0.25, 0.3) is 0 Å². The van der Waals surface area contributed by atoms with Crippen LogP contribution in [0.2, 0.25) is 0 Å². The highest BCUT2D eigenvalue weighted by atomic mass is 16.5. The second-order valence-electron chi connectivity index (χ2n) is 4.73. The van der Waals surface area contributed by atoms with Gasteiger partial charge in [-0.25, -0.2) is 4.68 Å². The summed E-state index contributed by atoms with van der Waals surface area (Å²) in [5.41, 5.74) is 0.695. The molecule has 0 spiro atoms. The molecule has 0 bridgehead atoms. The maximum atomic E-state index is 10.3. The van der Waals surface area contributed by atoms with Gasteiger partial charge >= 0.3 is 0 Å². The Bertz CT molecular complexity index is 366. The van der Waals surface area contributed by atoms with Crippen LogP contribution in [0.4, 0.5) is 0 Å². The van der Waals surface area contributed by atoms with Crippen LogP contribution in [0.1, 0.15) is 25.6 Å². The maximum Gasteiger partial charge on any atom is 0.125 e. The van der Waals surface area contributed by atoms with Crippen molar-refractivity contribution in [3.8, 4) is 0 Å². The monoisotopic (exact) mass is 240 g/mol. The summed E-state index contributed by atoms with van der Waals surface area (Å²) in [6.45, 7) is 6.63. The number of hydrogen-bond acceptors (Lipinski definition) is 5. The predicted octanol–water partition coefficient (Wildman–Crippen LogP) is -0.0423. The Hall–Kier alpha value is -0.980. The molecule has 1 aliphatic rings. The first-order valence-corrected chi connectivity index (χ1v) is 5.98. The Labute approximate surface area is 101 Å². The molecule has 96 valence electrons. The van der Waals surface area contributed by atoms with E-state index in [0.717, 1.165) is 13.1 Å². The van der Waals surface area contributed by atoms with Crippen molar-refractivity contribution in [2.45, 2.75) is 32.1 Å². The Morgan fingerprint density at radius 3 is 2.88 bits per heavy atom. The minimum atomic E-state index is -0.670. The largest absolute Gasteiger partial charge is 0.384 e. The Balaban J connectivity index is 2.05.